The molecule has 0 radical (unpaired) electrons. The lowest BCUT2D eigenvalue weighted by Gasteiger charge is -2.31. The Labute approximate surface area is 310 Å². The lowest BCUT2D eigenvalue weighted by Crippen LogP contribution is -2.26. The van der Waals surface area contributed by atoms with Gasteiger partial charge in [0.05, 0.1) is 11.1 Å². The summed E-state index contributed by atoms with van der Waals surface area (Å²) in [7, 11) is 0. The van der Waals surface area contributed by atoms with Crippen LogP contribution < -0.4 is 0 Å². The van der Waals surface area contributed by atoms with Gasteiger partial charge in [0.1, 0.15) is 11.2 Å². The number of aromatic nitrogens is 4. The van der Waals surface area contributed by atoms with Gasteiger partial charge in [0, 0.05) is 50.2 Å². The minimum Gasteiger partial charge on any atom is -0.456 e. The zero-order valence-corrected chi connectivity index (χ0v) is 28.9. The molecule has 0 bridgehead atoms. The minimum atomic E-state index is -0.526. The molecule has 0 atom stereocenters. The summed E-state index contributed by atoms with van der Waals surface area (Å²) in [6.07, 6.45) is 2.02. The fourth-order valence-corrected chi connectivity index (χ4v) is 9.26. The Kier molecular flexibility index (Phi) is 5.92. The van der Waals surface area contributed by atoms with Gasteiger partial charge in [-0.25, -0.2) is 15.0 Å². The number of benzene rings is 7. The van der Waals surface area contributed by atoms with Crippen LogP contribution in [0.15, 0.2) is 174 Å². The van der Waals surface area contributed by atoms with Crippen LogP contribution in [0.5, 0.6) is 0 Å². The van der Waals surface area contributed by atoms with E-state index in [2.05, 4.69) is 103 Å². The van der Waals surface area contributed by atoms with E-state index in [1.165, 1.54) is 38.9 Å². The van der Waals surface area contributed by atoms with E-state index in [0.717, 1.165) is 55.1 Å². The fourth-order valence-electron chi connectivity index (χ4n) is 9.26. The molecule has 250 valence electrons. The summed E-state index contributed by atoms with van der Waals surface area (Å²) < 4.78 is 6.29. The van der Waals surface area contributed by atoms with Gasteiger partial charge < -0.3 is 4.42 Å². The maximum Gasteiger partial charge on any atom is 0.164 e. The maximum absolute atomic E-state index is 6.29. The first-order chi connectivity index (χ1) is 26.8. The van der Waals surface area contributed by atoms with Crippen molar-refractivity contribution in [2.24, 2.45) is 0 Å². The molecule has 5 heteroatoms. The second kappa shape index (κ2) is 10.9. The Morgan fingerprint density at radius 2 is 0.926 bits per heavy atom. The van der Waals surface area contributed by atoms with Crippen LogP contribution in [0, 0.1) is 0 Å². The van der Waals surface area contributed by atoms with E-state index in [1.807, 2.05) is 66.9 Å². The summed E-state index contributed by atoms with van der Waals surface area (Å²) in [5.74, 6) is 1.78. The molecule has 0 aliphatic heterocycles. The summed E-state index contributed by atoms with van der Waals surface area (Å²) >= 11 is 0. The number of hydrogen-bond donors (Lipinski definition) is 0. The molecule has 3 aromatic heterocycles. The van der Waals surface area contributed by atoms with E-state index in [9.17, 15) is 0 Å². The molecule has 3 heterocycles. The highest BCUT2D eigenvalue weighted by molar-refractivity contribution is 6.12. The van der Waals surface area contributed by atoms with Crippen LogP contribution in [0.2, 0.25) is 0 Å². The topological polar surface area (TPSA) is 64.7 Å². The van der Waals surface area contributed by atoms with Gasteiger partial charge >= 0.3 is 0 Å². The average Bonchev–Trinajstić information content (AvgIpc) is 3.88. The molecule has 54 heavy (non-hydrogen) atoms. The third-order valence-electron chi connectivity index (χ3n) is 11.4. The summed E-state index contributed by atoms with van der Waals surface area (Å²) in [5, 5.41) is 4.14. The number of hydrogen-bond acceptors (Lipinski definition) is 5. The smallest absolute Gasteiger partial charge is 0.164 e. The second-order valence-electron chi connectivity index (χ2n) is 14.1. The number of rotatable bonds is 3. The van der Waals surface area contributed by atoms with E-state index in [-0.39, 0.29) is 0 Å². The highest BCUT2D eigenvalue weighted by atomic mass is 16.3. The van der Waals surface area contributed by atoms with Crippen LogP contribution >= 0.6 is 0 Å². The van der Waals surface area contributed by atoms with Crippen molar-refractivity contribution in [2.45, 2.75) is 5.41 Å². The molecule has 10 aromatic rings. The molecule has 0 saturated heterocycles. The SMILES string of the molecule is c1ccc(-c2nc(-c3cccc4c5c(ncc34)-c3ccccc3C53c4ccccc4-c4ccccc43)nc(-c3cccc4oc5ccccc5c34)n2)cc1. The van der Waals surface area contributed by atoms with Crippen LogP contribution in [-0.2, 0) is 5.41 Å². The molecule has 0 fully saturated rings. The molecule has 0 saturated carbocycles. The fraction of sp³-hybridized carbons (Fsp3) is 0.0204. The van der Waals surface area contributed by atoms with Gasteiger partial charge in [-0.2, -0.15) is 0 Å². The van der Waals surface area contributed by atoms with E-state index >= 15 is 0 Å². The zero-order chi connectivity index (χ0) is 35.4. The Hall–Kier alpha value is -7.24. The van der Waals surface area contributed by atoms with Gasteiger partial charge in [-0.05, 0) is 45.3 Å². The standard InChI is InChI=1S/C49H28N4O/c1-2-14-29(15-3-1)46-51-47(53-48(52-46)36-22-13-27-42-43(36)35-19-7-11-26-41(35)54-42)33-21-12-20-32-37(33)28-50-45-34-18-6-10-25-40(34)49(44(32)45)38-23-8-4-16-30(38)31-17-5-9-24-39(31)49/h1-28H. The first-order valence-electron chi connectivity index (χ1n) is 18.2. The molecule has 0 amide bonds. The van der Waals surface area contributed by atoms with Gasteiger partial charge in [-0.3, -0.25) is 4.98 Å². The quantitative estimate of drug-likeness (QED) is 0.185. The predicted molar refractivity (Wildman–Crippen MR) is 215 cm³/mol. The Morgan fingerprint density at radius 3 is 1.70 bits per heavy atom. The van der Waals surface area contributed by atoms with Crippen molar-refractivity contribution in [1.82, 2.24) is 19.9 Å². The highest BCUT2D eigenvalue weighted by Crippen LogP contribution is 2.63. The van der Waals surface area contributed by atoms with Gasteiger partial charge in [-0.15, -0.1) is 0 Å². The lowest BCUT2D eigenvalue weighted by atomic mass is 9.69. The predicted octanol–water partition coefficient (Wildman–Crippen LogP) is 11.7. The lowest BCUT2D eigenvalue weighted by molar-refractivity contribution is 0.669. The Bertz CT molecular complexity index is 3120. The van der Waals surface area contributed by atoms with Crippen molar-refractivity contribution in [3.05, 3.63) is 192 Å². The molecule has 7 aromatic carbocycles. The molecule has 0 N–H and O–H groups in total. The van der Waals surface area contributed by atoms with Crippen molar-refractivity contribution in [3.8, 4) is 56.5 Å². The largest absolute Gasteiger partial charge is 0.456 e. The number of nitrogens with zero attached hydrogens (tertiary/aromatic N) is 4. The maximum atomic E-state index is 6.29. The molecule has 2 aliphatic carbocycles. The molecule has 0 unspecified atom stereocenters. The molecule has 5 nitrogen and oxygen atoms in total. The van der Waals surface area contributed by atoms with E-state index < -0.39 is 5.41 Å². The van der Waals surface area contributed by atoms with E-state index in [0.29, 0.717) is 17.5 Å². The summed E-state index contributed by atoms with van der Waals surface area (Å²) in [4.78, 5) is 20.9. The van der Waals surface area contributed by atoms with Crippen molar-refractivity contribution < 1.29 is 4.42 Å². The zero-order valence-electron chi connectivity index (χ0n) is 28.9. The summed E-state index contributed by atoms with van der Waals surface area (Å²) in [6.45, 7) is 0. The van der Waals surface area contributed by atoms with Gasteiger partial charge in [0.25, 0.3) is 0 Å². The molecule has 1 spiro atoms. The molecular formula is C49H28N4O. The summed E-state index contributed by atoms with van der Waals surface area (Å²) in [6, 6.07) is 57.4. The third-order valence-corrected chi connectivity index (χ3v) is 11.4. The van der Waals surface area contributed by atoms with Gasteiger partial charge in [-0.1, -0.05) is 152 Å². The number of fused-ring (bicyclic) bond motifs is 15. The Morgan fingerprint density at radius 1 is 0.389 bits per heavy atom. The molecule has 12 rings (SSSR count). The molecule has 2 aliphatic rings. The number of furan rings is 1. The van der Waals surface area contributed by atoms with Crippen molar-refractivity contribution in [1.29, 1.82) is 0 Å². The first kappa shape index (κ1) is 29.3. The molecular weight excluding hydrogens is 661 g/mol. The highest BCUT2D eigenvalue weighted by Gasteiger charge is 2.53. The number of para-hydroxylation sites is 1. The normalized spacial score (nSPS) is 13.3. The van der Waals surface area contributed by atoms with Crippen LogP contribution in [0.1, 0.15) is 22.3 Å². The van der Waals surface area contributed by atoms with E-state index in [4.69, 9.17) is 24.4 Å². The minimum absolute atomic E-state index is 0.526. The second-order valence-corrected chi connectivity index (χ2v) is 14.1. The van der Waals surface area contributed by atoms with Crippen molar-refractivity contribution >= 4 is 32.7 Å². The van der Waals surface area contributed by atoms with Crippen LogP contribution in [-0.4, -0.2) is 19.9 Å². The van der Waals surface area contributed by atoms with Crippen LogP contribution in [0.25, 0.3) is 89.3 Å². The average molecular weight is 689 g/mol. The van der Waals surface area contributed by atoms with Crippen LogP contribution in [0.4, 0.5) is 0 Å². The third kappa shape index (κ3) is 3.82. The van der Waals surface area contributed by atoms with Crippen LogP contribution in [0.3, 0.4) is 0 Å². The van der Waals surface area contributed by atoms with Gasteiger partial charge in [0.2, 0.25) is 0 Å². The summed E-state index contributed by atoms with van der Waals surface area (Å²) in [5.41, 5.74) is 13.6. The van der Waals surface area contributed by atoms with E-state index in [1.54, 1.807) is 0 Å². The number of pyridine rings is 1. The van der Waals surface area contributed by atoms with Crippen molar-refractivity contribution in [2.75, 3.05) is 0 Å². The van der Waals surface area contributed by atoms with Crippen molar-refractivity contribution in [3.63, 3.8) is 0 Å². The Balaban J connectivity index is 1.16. The first-order valence-corrected chi connectivity index (χ1v) is 18.2. The van der Waals surface area contributed by atoms with Gasteiger partial charge in [0.15, 0.2) is 17.5 Å². The monoisotopic (exact) mass is 688 g/mol.